The highest BCUT2D eigenvalue weighted by atomic mass is 16.2. The predicted octanol–water partition coefficient (Wildman–Crippen LogP) is 4.18. The highest BCUT2D eigenvalue weighted by Crippen LogP contribution is 2.16. The van der Waals surface area contributed by atoms with Gasteiger partial charge in [-0.1, -0.05) is 73.5 Å². The van der Waals surface area contributed by atoms with Crippen LogP contribution in [0.1, 0.15) is 48.9 Å². The molecule has 0 fully saturated rings. The van der Waals surface area contributed by atoms with Gasteiger partial charge in [0.1, 0.15) is 6.04 Å². The van der Waals surface area contributed by atoms with Gasteiger partial charge in [-0.2, -0.15) is 0 Å². The first kappa shape index (κ1) is 21.7. The van der Waals surface area contributed by atoms with Crippen LogP contribution in [0.3, 0.4) is 0 Å². The van der Waals surface area contributed by atoms with Gasteiger partial charge >= 0.3 is 0 Å². The summed E-state index contributed by atoms with van der Waals surface area (Å²) in [7, 11) is 0. The van der Waals surface area contributed by atoms with Crippen molar-refractivity contribution in [2.75, 3.05) is 6.54 Å². The SMILES string of the molecule is CCCNC(=O)[C@H](CC)N(Cc1ccc(C)cc1)C(=O)Cc1cccc(C)c1. The van der Waals surface area contributed by atoms with Gasteiger partial charge in [-0.3, -0.25) is 9.59 Å². The zero-order chi connectivity index (χ0) is 20.5. The van der Waals surface area contributed by atoms with Crippen LogP contribution in [-0.2, 0) is 22.6 Å². The monoisotopic (exact) mass is 380 g/mol. The lowest BCUT2D eigenvalue weighted by atomic mass is 10.0. The summed E-state index contributed by atoms with van der Waals surface area (Å²) in [6.07, 6.45) is 1.75. The molecule has 2 rings (SSSR count). The van der Waals surface area contributed by atoms with Gasteiger partial charge in [-0.15, -0.1) is 0 Å². The summed E-state index contributed by atoms with van der Waals surface area (Å²) in [5.74, 6) is -0.0984. The van der Waals surface area contributed by atoms with E-state index in [-0.39, 0.29) is 11.8 Å². The molecule has 28 heavy (non-hydrogen) atoms. The minimum atomic E-state index is -0.467. The zero-order valence-electron chi connectivity index (χ0n) is 17.5. The molecule has 4 nitrogen and oxygen atoms in total. The van der Waals surface area contributed by atoms with Crippen LogP contribution in [0.5, 0.6) is 0 Å². The third-order valence-electron chi connectivity index (χ3n) is 4.85. The summed E-state index contributed by atoms with van der Waals surface area (Å²) in [5, 5.41) is 2.95. The molecule has 0 saturated carbocycles. The first-order chi connectivity index (χ1) is 13.4. The maximum Gasteiger partial charge on any atom is 0.242 e. The predicted molar refractivity (Wildman–Crippen MR) is 114 cm³/mol. The van der Waals surface area contributed by atoms with Gasteiger partial charge in [0.05, 0.1) is 6.42 Å². The van der Waals surface area contributed by atoms with E-state index in [1.165, 1.54) is 5.56 Å². The summed E-state index contributed by atoms with van der Waals surface area (Å²) in [6, 6.07) is 15.6. The fourth-order valence-corrected chi connectivity index (χ4v) is 3.27. The third kappa shape index (κ3) is 6.22. The number of carbonyl (C=O) groups is 2. The molecule has 0 heterocycles. The molecule has 2 aromatic rings. The van der Waals surface area contributed by atoms with E-state index < -0.39 is 6.04 Å². The van der Waals surface area contributed by atoms with Crippen LogP contribution < -0.4 is 5.32 Å². The molecule has 1 atom stereocenters. The Morgan fingerprint density at radius 3 is 2.29 bits per heavy atom. The first-order valence-electron chi connectivity index (χ1n) is 10.1. The van der Waals surface area contributed by atoms with Gasteiger partial charge in [-0.05, 0) is 37.8 Å². The maximum atomic E-state index is 13.2. The van der Waals surface area contributed by atoms with Gasteiger partial charge in [-0.25, -0.2) is 0 Å². The quantitative estimate of drug-likeness (QED) is 0.709. The van der Waals surface area contributed by atoms with Crippen molar-refractivity contribution in [3.8, 4) is 0 Å². The van der Waals surface area contributed by atoms with Crippen LogP contribution in [0.15, 0.2) is 48.5 Å². The van der Waals surface area contributed by atoms with Crippen molar-refractivity contribution >= 4 is 11.8 Å². The molecule has 2 amide bonds. The minimum Gasteiger partial charge on any atom is -0.354 e. The molecule has 150 valence electrons. The smallest absolute Gasteiger partial charge is 0.242 e. The number of rotatable bonds is 9. The van der Waals surface area contributed by atoms with Crippen molar-refractivity contribution in [3.63, 3.8) is 0 Å². The van der Waals surface area contributed by atoms with Gasteiger partial charge in [0.15, 0.2) is 0 Å². The molecule has 1 N–H and O–H groups in total. The second kappa shape index (κ2) is 10.6. The summed E-state index contributed by atoms with van der Waals surface area (Å²) in [5.41, 5.74) is 4.31. The number of hydrogen-bond acceptors (Lipinski definition) is 2. The van der Waals surface area contributed by atoms with Crippen LogP contribution >= 0.6 is 0 Å². The van der Waals surface area contributed by atoms with Crippen molar-refractivity contribution in [2.24, 2.45) is 0 Å². The van der Waals surface area contributed by atoms with E-state index in [0.29, 0.717) is 25.9 Å². The Hall–Kier alpha value is -2.62. The van der Waals surface area contributed by atoms with Crippen LogP contribution in [0, 0.1) is 13.8 Å². The fourth-order valence-electron chi connectivity index (χ4n) is 3.27. The van der Waals surface area contributed by atoms with Gasteiger partial charge in [0, 0.05) is 13.1 Å². The van der Waals surface area contributed by atoms with E-state index in [1.807, 2.05) is 76.2 Å². The second-order valence-corrected chi connectivity index (χ2v) is 7.39. The highest BCUT2D eigenvalue weighted by molar-refractivity contribution is 5.88. The molecule has 2 aromatic carbocycles. The van der Waals surface area contributed by atoms with E-state index in [2.05, 4.69) is 5.32 Å². The average molecular weight is 381 g/mol. The number of hydrogen-bond donors (Lipinski definition) is 1. The molecular formula is C24H32N2O2. The van der Waals surface area contributed by atoms with Crippen molar-refractivity contribution in [3.05, 3.63) is 70.8 Å². The number of carbonyl (C=O) groups excluding carboxylic acids is 2. The minimum absolute atomic E-state index is 0.0235. The number of benzene rings is 2. The summed E-state index contributed by atoms with van der Waals surface area (Å²) in [4.78, 5) is 27.7. The third-order valence-corrected chi connectivity index (χ3v) is 4.85. The number of aryl methyl sites for hydroxylation is 2. The van der Waals surface area contributed by atoms with E-state index in [0.717, 1.165) is 23.1 Å². The zero-order valence-corrected chi connectivity index (χ0v) is 17.5. The Kier molecular flexibility index (Phi) is 8.24. The van der Waals surface area contributed by atoms with Crippen LogP contribution in [0.25, 0.3) is 0 Å². The normalized spacial score (nSPS) is 11.7. The average Bonchev–Trinajstić information content (AvgIpc) is 2.67. The lowest BCUT2D eigenvalue weighted by Gasteiger charge is -2.31. The largest absolute Gasteiger partial charge is 0.354 e. The summed E-state index contributed by atoms with van der Waals surface area (Å²) < 4.78 is 0. The molecule has 0 saturated heterocycles. The van der Waals surface area contributed by atoms with Crippen LogP contribution in [0.2, 0.25) is 0 Å². The maximum absolute atomic E-state index is 13.2. The van der Waals surface area contributed by atoms with Crippen molar-refractivity contribution in [2.45, 2.75) is 59.5 Å². The molecule has 0 aliphatic carbocycles. The lowest BCUT2D eigenvalue weighted by molar-refractivity contribution is -0.140. The number of nitrogens with zero attached hydrogens (tertiary/aromatic N) is 1. The fraction of sp³-hybridized carbons (Fsp3) is 0.417. The van der Waals surface area contributed by atoms with Crippen molar-refractivity contribution < 1.29 is 9.59 Å². The first-order valence-corrected chi connectivity index (χ1v) is 10.1. The molecule has 4 heteroatoms. The topological polar surface area (TPSA) is 49.4 Å². The standard InChI is InChI=1S/C24H32N2O2/c1-5-14-25-24(28)22(6-2)26(17-20-12-10-18(3)11-13-20)23(27)16-21-9-7-8-19(4)15-21/h7-13,15,22H,5-6,14,16-17H2,1-4H3,(H,25,28)/t22-/m0/s1. The van der Waals surface area contributed by atoms with E-state index in [4.69, 9.17) is 0 Å². The molecule has 0 aliphatic rings. The van der Waals surface area contributed by atoms with Gasteiger partial charge < -0.3 is 10.2 Å². The van der Waals surface area contributed by atoms with Crippen LogP contribution in [-0.4, -0.2) is 29.3 Å². The van der Waals surface area contributed by atoms with Gasteiger partial charge in [0.25, 0.3) is 0 Å². The Morgan fingerprint density at radius 2 is 1.68 bits per heavy atom. The molecule has 0 unspecified atom stereocenters. The van der Waals surface area contributed by atoms with E-state index in [9.17, 15) is 9.59 Å². The lowest BCUT2D eigenvalue weighted by Crippen LogP contribution is -2.49. The molecule has 0 bridgehead atoms. The summed E-state index contributed by atoms with van der Waals surface area (Å²) in [6.45, 7) is 9.10. The number of amides is 2. The van der Waals surface area contributed by atoms with E-state index in [1.54, 1.807) is 4.90 Å². The molecule has 0 radical (unpaired) electrons. The van der Waals surface area contributed by atoms with Crippen molar-refractivity contribution in [1.29, 1.82) is 0 Å². The van der Waals surface area contributed by atoms with Crippen molar-refractivity contribution in [1.82, 2.24) is 10.2 Å². The Balaban J connectivity index is 2.26. The molecule has 0 spiro atoms. The Bertz CT molecular complexity index is 783. The molecular weight excluding hydrogens is 348 g/mol. The molecule has 0 aliphatic heterocycles. The Morgan fingerprint density at radius 1 is 0.964 bits per heavy atom. The molecule has 0 aromatic heterocycles. The van der Waals surface area contributed by atoms with Crippen LogP contribution in [0.4, 0.5) is 0 Å². The van der Waals surface area contributed by atoms with E-state index >= 15 is 0 Å². The van der Waals surface area contributed by atoms with Gasteiger partial charge in [0.2, 0.25) is 11.8 Å². The number of nitrogens with one attached hydrogen (secondary N) is 1. The highest BCUT2D eigenvalue weighted by Gasteiger charge is 2.28. The summed E-state index contributed by atoms with van der Waals surface area (Å²) >= 11 is 0. The second-order valence-electron chi connectivity index (χ2n) is 7.39. The Labute approximate surface area is 169 Å².